The Morgan fingerprint density at radius 1 is 0.767 bits per heavy atom. The van der Waals surface area contributed by atoms with Crippen molar-refractivity contribution in [1.29, 1.82) is 0 Å². The average molecular weight is 409 g/mol. The number of hydrogen-bond donors (Lipinski definition) is 0. The first-order valence-corrected chi connectivity index (χ1v) is 11.6. The summed E-state index contributed by atoms with van der Waals surface area (Å²) < 4.78 is 12.0. The number of rotatable bonds is 8. The third kappa shape index (κ3) is 4.81. The van der Waals surface area contributed by atoms with Gasteiger partial charge in [-0.1, -0.05) is 57.9 Å². The van der Waals surface area contributed by atoms with Crippen LogP contribution in [-0.4, -0.2) is 36.4 Å². The second-order valence-electron chi connectivity index (χ2n) is 8.82. The van der Waals surface area contributed by atoms with Gasteiger partial charge >= 0.3 is 0 Å². The van der Waals surface area contributed by atoms with Gasteiger partial charge in [-0.15, -0.1) is 0 Å². The summed E-state index contributed by atoms with van der Waals surface area (Å²) in [5.41, 5.74) is 5.34. The molecule has 4 nitrogen and oxygen atoms in total. The van der Waals surface area contributed by atoms with Gasteiger partial charge in [0.1, 0.15) is 25.0 Å². The van der Waals surface area contributed by atoms with E-state index in [1.165, 1.54) is 47.9 Å². The normalized spacial score (nSPS) is 16.7. The highest BCUT2D eigenvalue weighted by Gasteiger charge is 2.21. The van der Waals surface area contributed by atoms with Crippen molar-refractivity contribution >= 4 is 0 Å². The molecule has 0 radical (unpaired) electrons. The van der Waals surface area contributed by atoms with E-state index in [1.807, 2.05) is 0 Å². The zero-order chi connectivity index (χ0) is 20.9. The van der Waals surface area contributed by atoms with E-state index in [-0.39, 0.29) is 0 Å². The van der Waals surface area contributed by atoms with Gasteiger partial charge in [-0.25, -0.2) is 0 Å². The van der Waals surface area contributed by atoms with E-state index in [9.17, 15) is 0 Å². The van der Waals surface area contributed by atoms with E-state index in [0.29, 0.717) is 19.4 Å². The molecule has 0 fully saturated rings. The fraction of sp³-hybridized carbons (Fsp3) is 0.538. The topological polar surface area (TPSA) is 24.9 Å². The van der Waals surface area contributed by atoms with Crippen LogP contribution in [0.25, 0.3) is 0 Å². The van der Waals surface area contributed by atoms with Gasteiger partial charge in [0.2, 0.25) is 0 Å². The van der Waals surface area contributed by atoms with E-state index in [0.717, 1.165) is 37.7 Å². The van der Waals surface area contributed by atoms with E-state index < -0.39 is 0 Å². The Balaban J connectivity index is 1.49. The standard InChI is InChI=1S/C26H36N2O2/c1-4-6-12-27-16-23-14-21(8-10-25(23)29-18-27)20(3)22-9-11-26-24(15-22)17-28(19-30-26)13-7-5-2/h8-11,14-15,20H,4-7,12-13,16-19H2,1-3H3. The molecule has 4 rings (SSSR count). The number of unbranched alkanes of at least 4 members (excludes halogenated alkanes) is 2. The first-order chi connectivity index (χ1) is 14.7. The molecule has 2 aliphatic heterocycles. The predicted octanol–water partition coefficient (Wildman–Crippen LogP) is 5.74. The van der Waals surface area contributed by atoms with E-state index >= 15 is 0 Å². The Morgan fingerprint density at radius 3 is 1.67 bits per heavy atom. The number of hydrogen-bond acceptors (Lipinski definition) is 4. The highest BCUT2D eigenvalue weighted by atomic mass is 16.5. The van der Waals surface area contributed by atoms with Gasteiger partial charge in [0.25, 0.3) is 0 Å². The molecule has 2 aromatic rings. The minimum absolute atomic E-state index is 0.345. The number of benzene rings is 2. The molecular formula is C26H36N2O2. The van der Waals surface area contributed by atoms with Crippen molar-refractivity contribution < 1.29 is 9.47 Å². The lowest BCUT2D eigenvalue weighted by Crippen LogP contribution is -2.33. The van der Waals surface area contributed by atoms with Gasteiger partial charge < -0.3 is 9.47 Å². The smallest absolute Gasteiger partial charge is 0.142 e. The molecule has 0 saturated carbocycles. The van der Waals surface area contributed by atoms with Gasteiger partial charge in [0.05, 0.1) is 0 Å². The summed E-state index contributed by atoms with van der Waals surface area (Å²) in [6.07, 6.45) is 4.89. The van der Waals surface area contributed by atoms with Crippen LogP contribution in [0, 0.1) is 0 Å². The van der Waals surface area contributed by atoms with E-state index in [2.05, 4.69) is 67.0 Å². The third-order valence-corrected chi connectivity index (χ3v) is 6.42. The minimum atomic E-state index is 0.345. The molecule has 0 amide bonds. The summed E-state index contributed by atoms with van der Waals surface area (Å²) >= 11 is 0. The van der Waals surface area contributed by atoms with Crippen molar-refractivity contribution in [3.63, 3.8) is 0 Å². The van der Waals surface area contributed by atoms with E-state index in [1.54, 1.807) is 0 Å². The fourth-order valence-electron chi connectivity index (χ4n) is 4.40. The summed E-state index contributed by atoms with van der Waals surface area (Å²) in [6, 6.07) is 13.5. The molecule has 0 aliphatic carbocycles. The maximum atomic E-state index is 6.00. The lowest BCUT2D eigenvalue weighted by atomic mass is 9.90. The molecular weight excluding hydrogens is 372 g/mol. The Kier molecular flexibility index (Phi) is 6.96. The molecule has 2 aromatic carbocycles. The molecule has 2 heterocycles. The average Bonchev–Trinajstić information content (AvgIpc) is 2.79. The Hall–Kier alpha value is -2.04. The van der Waals surface area contributed by atoms with Crippen molar-refractivity contribution in [2.24, 2.45) is 0 Å². The summed E-state index contributed by atoms with van der Waals surface area (Å²) in [5, 5.41) is 0. The van der Waals surface area contributed by atoms with Crippen LogP contribution in [0.15, 0.2) is 36.4 Å². The van der Waals surface area contributed by atoms with Crippen LogP contribution in [-0.2, 0) is 13.1 Å². The predicted molar refractivity (Wildman–Crippen MR) is 122 cm³/mol. The van der Waals surface area contributed by atoms with Crippen LogP contribution < -0.4 is 9.47 Å². The summed E-state index contributed by atoms with van der Waals surface area (Å²) in [7, 11) is 0. The summed E-state index contributed by atoms with van der Waals surface area (Å²) in [5.74, 6) is 2.44. The van der Waals surface area contributed by atoms with Gasteiger partial charge in [-0.3, -0.25) is 9.80 Å². The molecule has 2 aliphatic rings. The monoisotopic (exact) mass is 408 g/mol. The van der Waals surface area contributed by atoms with Crippen molar-refractivity contribution in [3.8, 4) is 11.5 Å². The molecule has 0 bridgehead atoms. The molecule has 0 unspecified atom stereocenters. The zero-order valence-corrected chi connectivity index (χ0v) is 18.8. The molecule has 0 atom stereocenters. The number of fused-ring (bicyclic) bond motifs is 2. The molecule has 4 heteroatoms. The Morgan fingerprint density at radius 2 is 1.23 bits per heavy atom. The van der Waals surface area contributed by atoms with Crippen LogP contribution in [0.3, 0.4) is 0 Å². The van der Waals surface area contributed by atoms with Gasteiger partial charge in [-0.2, -0.15) is 0 Å². The molecule has 0 saturated heterocycles. The van der Waals surface area contributed by atoms with Crippen molar-refractivity contribution in [2.75, 3.05) is 26.6 Å². The molecule has 0 aromatic heterocycles. The Bertz CT molecular complexity index is 781. The van der Waals surface area contributed by atoms with Crippen molar-refractivity contribution in [3.05, 3.63) is 58.7 Å². The number of nitrogens with zero attached hydrogens (tertiary/aromatic N) is 2. The SMILES string of the molecule is CCCCN1COc2ccc(C(C)c3ccc4c(c3)CN(CCCC)CO4)cc2C1. The van der Waals surface area contributed by atoms with Crippen LogP contribution in [0.1, 0.15) is 74.6 Å². The van der Waals surface area contributed by atoms with Crippen LogP contribution >= 0.6 is 0 Å². The maximum absolute atomic E-state index is 6.00. The lowest BCUT2D eigenvalue weighted by Gasteiger charge is -2.30. The van der Waals surface area contributed by atoms with Gasteiger partial charge in [0.15, 0.2) is 0 Å². The second-order valence-corrected chi connectivity index (χ2v) is 8.82. The van der Waals surface area contributed by atoms with Crippen molar-refractivity contribution in [1.82, 2.24) is 9.80 Å². The quantitative estimate of drug-likeness (QED) is 0.556. The third-order valence-electron chi connectivity index (χ3n) is 6.42. The molecule has 0 spiro atoms. The maximum Gasteiger partial charge on any atom is 0.142 e. The van der Waals surface area contributed by atoms with E-state index in [4.69, 9.17) is 9.47 Å². The van der Waals surface area contributed by atoms with Gasteiger partial charge in [0, 0.05) is 43.2 Å². The summed E-state index contributed by atoms with van der Waals surface area (Å²) in [4.78, 5) is 4.81. The van der Waals surface area contributed by atoms with Crippen molar-refractivity contribution in [2.45, 2.75) is 65.5 Å². The highest BCUT2D eigenvalue weighted by molar-refractivity contribution is 5.45. The lowest BCUT2D eigenvalue weighted by molar-refractivity contribution is 0.0939. The van der Waals surface area contributed by atoms with Crippen LogP contribution in [0.4, 0.5) is 0 Å². The van der Waals surface area contributed by atoms with Crippen LogP contribution in [0.2, 0.25) is 0 Å². The Labute approximate surface area is 181 Å². The minimum Gasteiger partial charge on any atom is -0.478 e. The first-order valence-electron chi connectivity index (χ1n) is 11.6. The fourth-order valence-corrected chi connectivity index (χ4v) is 4.40. The number of ether oxygens (including phenoxy) is 2. The first kappa shape index (κ1) is 21.2. The van der Waals surface area contributed by atoms with Gasteiger partial charge in [-0.05, 0) is 36.1 Å². The largest absolute Gasteiger partial charge is 0.478 e. The second kappa shape index (κ2) is 9.84. The molecule has 162 valence electrons. The summed E-state index contributed by atoms with van der Waals surface area (Å²) in [6.45, 7) is 12.4. The molecule has 30 heavy (non-hydrogen) atoms. The van der Waals surface area contributed by atoms with Crippen LogP contribution in [0.5, 0.6) is 11.5 Å². The zero-order valence-electron chi connectivity index (χ0n) is 18.8. The highest BCUT2D eigenvalue weighted by Crippen LogP contribution is 2.34. The molecule has 0 N–H and O–H groups in total.